The SMILES string of the molecule is CCC(=O)N1c2ccc(F)cc2C(Nc2ccc(C(C)C)cc2)CC1C. The van der Waals surface area contributed by atoms with Gasteiger partial charge in [0.25, 0.3) is 0 Å². The van der Waals surface area contributed by atoms with Gasteiger partial charge in [-0.2, -0.15) is 0 Å². The van der Waals surface area contributed by atoms with Crippen LogP contribution in [0.1, 0.15) is 63.6 Å². The van der Waals surface area contributed by atoms with Gasteiger partial charge in [-0.3, -0.25) is 4.79 Å². The summed E-state index contributed by atoms with van der Waals surface area (Å²) in [6.07, 6.45) is 1.18. The van der Waals surface area contributed by atoms with Gasteiger partial charge in [-0.05, 0) is 55.2 Å². The number of hydrogen-bond donors (Lipinski definition) is 1. The molecule has 0 aromatic heterocycles. The molecule has 1 heterocycles. The summed E-state index contributed by atoms with van der Waals surface area (Å²) in [5.74, 6) is 0.288. The quantitative estimate of drug-likeness (QED) is 0.771. The van der Waals surface area contributed by atoms with Gasteiger partial charge in [0.05, 0.1) is 6.04 Å². The third kappa shape index (κ3) is 3.59. The number of carbonyl (C=O) groups excluding carboxylic acids is 1. The van der Waals surface area contributed by atoms with E-state index < -0.39 is 0 Å². The predicted molar refractivity (Wildman–Crippen MR) is 105 cm³/mol. The molecule has 0 aliphatic carbocycles. The molecule has 2 unspecified atom stereocenters. The molecule has 0 saturated heterocycles. The molecule has 138 valence electrons. The molecule has 0 fully saturated rings. The molecule has 26 heavy (non-hydrogen) atoms. The first kappa shape index (κ1) is 18.4. The zero-order valence-electron chi connectivity index (χ0n) is 15.9. The normalized spacial score (nSPS) is 19.4. The summed E-state index contributed by atoms with van der Waals surface area (Å²) in [5, 5.41) is 3.53. The summed E-state index contributed by atoms with van der Waals surface area (Å²) in [4.78, 5) is 14.2. The van der Waals surface area contributed by atoms with E-state index in [0.29, 0.717) is 12.3 Å². The minimum absolute atomic E-state index is 0.0264. The number of nitrogens with zero attached hydrogens (tertiary/aromatic N) is 1. The maximum absolute atomic E-state index is 13.9. The van der Waals surface area contributed by atoms with Crippen LogP contribution >= 0.6 is 0 Å². The van der Waals surface area contributed by atoms with Gasteiger partial charge in [-0.25, -0.2) is 4.39 Å². The summed E-state index contributed by atoms with van der Waals surface area (Å²) in [6.45, 7) is 8.25. The van der Waals surface area contributed by atoms with Crippen molar-refractivity contribution < 1.29 is 9.18 Å². The molecule has 1 N–H and O–H groups in total. The number of nitrogens with one attached hydrogen (secondary N) is 1. The lowest BCUT2D eigenvalue weighted by atomic mass is 9.91. The van der Waals surface area contributed by atoms with Crippen molar-refractivity contribution >= 4 is 17.3 Å². The van der Waals surface area contributed by atoms with Crippen molar-refractivity contribution in [3.05, 3.63) is 59.4 Å². The van der Waals surface area contributed by atoms with Crippen molar-refractivity contribution in [3.63, 3.8) is 0 Å². The Hall–Kier alpha value is -2.36. The molecule has 4 heteroatoms. The van der Waals surface area contributed by atoms with Crippen LogP contribution in [0.4, 0.5) is 15.8 Å². The summed E-state index contributed by atoms with van der Waals surface area (Å²) < 4.78 is 13.9. The van der Waals surface area contributed by atoms with E-state index in [1.807, 2.05) is 11.8 Å². The van der Waals surface area contributed by atoms with Crippen molar-refractivity contribution in [3.8, 4) is 0 Å². The Bertz CT molecular complexity index is 785. The Morgan fingerprint density at radius 3 is 2.54 bits per heavy atom. The predicted octanol–water partition coefficient (Wildman–Crippen LogP) is 5.64. The minimum atomic E-state index is -0.274. The maximum Gasteiger partial charge on any atom is 0.226 e. The molecule has 0 saturated carbocycles. The molecular weight excluding hydrogens is 327 g/mol. The van der Waals surface area contributed by atoms with E-state index in [9.17, 15) is 9.18 Å². The second-order valence-corrected chi connectivity index (χ2v) is 7.38. The molecule has 0 radical (unpaired) electrons. The lowest BCUT2D eigenvalue weighted by molar-refractivity contribution is -0.118. The van der Waals surface area contributed by atoms with Crippen molar-refractivity contribution in [2.24, 2.45) is 0 Å². The average Bonchev–Trinajstić information content (AvgIpc) is 2.62. The van der Waals surface area contributed by atoms with Crippen LogP contribution in [0.5, 0.6) is 0 Å². The number of amides is 1. The van der Waals surface area contributed by atoms with E-state index in [1.165, 1.54) is 11.6 Å². The number of rotatable bonds is 4. The van der Waals surface area contributed by atoms with Crippen LogP contribution in [0.2, 0.25) is 0 Å². The zero-order valence-corrected chi connectivity index (χ0v) is 15.9. The van der Waals surface area contributed by atoms with Crippen molar-refractivity contribution in [1.29, 1.82) is 0 Å². The van der Waals surface area contributed by atoms with Gasteiger partial charge in [-0.15, -0.1) is 0 Å². The molecule has 2 aromatic rings. The molecule has 0 spiro atoms. The Kier molecular flexibility index (Phi) is 5.30. The molecule has 1 aliphatic heterocycles. The first-order chi connectivity index (χ1) is 12.4. The summed E-state index contributed by atoms with van der Waals surface area (Å²) in [6, 6.07) is 13.1. The number of benzene rings is 2. The van der Waals surface area contributed by atoms with Gasteiger partial charge in [0.15, 0.2) is 0 Å². The van der Waals surface area contributed by atoms with Gasteiger partial charge in [0.2, 0.25) is 5.91 Å². The summed E-state index contributed by atoms with van der Waals surface area (Å²) >= 11 is 0. The van der Waals surface area contributed by atoms with Crippen LogP contribution in [0.15, 0.2) is 42.5 Å². The van der Waals surface area contributed by atoms with E-state index in [1.54, 1.807) is 12.1 Å². The molecule has 1 amide bonds. The summed E-state index contributed by atoms with van der Waals surface area (Å²) in [5.41, 5.74) is 3.96. The van der Waals surface area contributed by atoms with Gasteiger partial charge < -0.3 is 10.2 Å². The summed E-state index contributed by atoms with van der Waals surface area (Å²) in [7, 11) is 0. The number of fused-ring (bicyclic) bond motifs is 1. The molecular formula is C22H27FN2O. The molecule has 3 nitrogen and oxygen atoms in total. The van der Waals surface area contributed by atoms with E-state index in [2.05, 4.69) is 50.4 Å². The molecule has 1 aliphatic rings. The fourth-order valence-corrected chi connectivity index (χ4v) is 3.69. The molecule has 2 atom stereocenters. The number of anilines is 2. The Labute approximate surface area is 155 Å². The van der Waals surface area contributed by atoms with Crippen LogP contribution in [-0.2, 0) is 4.79 Å². The van der Waals surface area contributed by atoms with Crippen LogP contribution in [0.25, 0.3) is 0 Å². The lowest BCUT2D eigenvalue weighted by Crippen LogP contribution is -2.44. The highest BCUT2D eigenvalue weighted by Gasteiger charge is 2.33. The maximum atomic E-state index is 13.9. The molecule has 3 rings (SSSR count). The average molecular weight is 354 g/mol. The highest BCUT2D eigenvalue weighted by atomic mass is 19.1. The van der Waals surface area contributed by atoms with Gasteiger partial charge in [-0.1, -0.05) is 32.9 Å². The fourth-order valence-electron chi connectivity index (χ4n) is 3.69. The smallest absolute Gasteiger partial charge is 0.226 e. The van der Waals surface area contributed by atoms with Crippen LogP contribution in [0, 0.1) is 5.82 Å². The zero-order chi connectivity index (χ0) is 18.8. The van der Waals surface area contributed by atoms with Gasteiger partial charge >= 0.3 is 0 Å². The largest absolute Gasteiger partial charge is 0.378 e. The first-order valence-corrected chi connectivity index (χ1v) is 9.38. The number of halogens is 1. The van der Waals surface area contributed by atoms with E-state index >= 15 is 0 Å². The van der Waals surface area contributed by atoms with Crippen molar-refractivity contribution in [1.82, 2.24) is 0 Å². The standard InChI is InChI=1S/C22H27FN2O/c1-5-22(26)25-15(4)12-20(19-13-17(23)8-11-21(19)25)24-18-9-6-16(7-10-18)14(2)3/h6-11,13-15,20,24H,5,12H2,1-4H3. The van der Waals surface area contributed by atoms with E-state index in [0.717, 1.165) is 23.4 Å². The number of carbonyl (C=O) groups is 1. The second-order valence-electron chi connectivity index (χ2n) is 7.38. The number of hydrogen-bond acceptors (Lipinski definition) is 2. The third-order valence-corrected chi connectivity index (χ3v) is 5.13. The van der Waals surface area contributed by atoms with E-state index in [4.69, 9.17) is 0 Å². The van der Waals surface area contributed by atoms with Crippen molar-refractivity contribution in [2.45, 2.75) is 58.5 Å². The highest BCUT2D eigenvalue weighted by Crippen LogP contribution is 2.39. The Balaban J connectivity index is 1.92. The fraction of sp³-hybridized carbons (Fsp3) is 0.409. The minimum Gasteiger partial charge on any atom is -0.378 e. The highest BCUT2D eigenvalue weighted by molar-refractivity contribution is 5.95. The Morgan fingerprint density at radius 1 is 1.23 bits per heavy atom. The van der Waals surface area contributed by atoms with Crippen LogP contribution < -0.4 is 10.2 Å². The van der Waals surface area contributed by atoms with Crippen LogP contribution in [-0.4, -0.2) is 11.9 Å². The Morgan fingerprint density at radius 2 is 1.92 bits per heavy atom. The van der Waals surface area contributed by atoms with E-state index in [-0.39, 0.29) is 23.8 Å². The molecule has 0 bridgehead atoms. The lowest BCUT2D eigenvalue weighted by Gasteiger charge is -2.40. The first-order valence-electron chi connectivity index (χ1n) is 9.38. The van der Waals surface area contributed by atoms with Crippen LogP contribution in [0.3, 0.4) is 0 Å². The second kappa shape index (κ2) is 7.48. The monoisotopic (exact) mass is 354 g/mol. The molecule has 2 aromatic carbocycles. The topological polar surface area (TPSA) is 32.3 Å². The van der Waals surface area contributed by atoms with Gasteiger partial charge in [0.1, 0.15) is 5.82 Å². The van der Waals surface area contributed by atoms with Crippen molar-refractivity contribution in [2.75, 3.05) is 10.2 Å². The van der Waals surface area contributed by atoms with Gasteiger partial charge in [0, 0.05) is 29.4 Å². The third-order valence-electron chi connectivity index (χ3n) is 5.13.